The summed E-state index contributed by atoms with van der Waals surface area (Å²) in [6, 6.07) is 3.03. The minimum Gasteiger partial charge on any atom is -0.381 e. The van der Waals surface area contributed by atoms with E-state index in [0.29, 0.717) is 18.9 Å². The van der Waals surface area contributed by atoms with Gasteiger partial charge in [0.1, 0.15) is 0 Å². The lowest BCUT2D eigenvalue weighted by Gasteiger charge is -2.22. The number of alkyl halides is 3. The number of rotatable bonds is 1. The largest absolute Gasteiger partial charge is 0.434 e. The molecule has 0 amide bonds. The Morgan fingerprint density at radius 1 is 1.35 bits per heavy atom. The predicted molar refractivity (Wildman–Crippen MR) is 59.7 cm³/mol. The molecule has 0 spiro atoms. The van der Waals surface area contributed by atoms with Gasteiger partial charge in [0, 0.05) is 22.7 Å². The average molecular weight is 310 g/mol. The van der Waals surface area contributed by atoms with Crippen molar-refractivity contribution in [2.24, 2.45) is 0 Å². The SMILES string of the molecule is FC(F)(F)c1nc(C2CCCOC2)ccc1Br. The third kappa shape index (κ3) is 2.98. The van der Waals surface area contributed by atoms with E-state index in [2.05, 4.69) is 20.9 Å². The van der Waals surface area contributed by atoms with Gasteiger partial charge >= 0.3 is 6.18 Å². The Kier molecular flexibility index (Phi) is 3.73. The second-order valence-electron chi connectivity index (χ2n) is 3.98. The lowest BCUT2D eigenvalue weighted by atomic mass is 9.98. The molecule has 2 nitrogen and oxygen atoms in total. The summed E-state index contributed by atoms with van der Waals surface area (Å²) in [5.74, 6) is -0.0297. The average Bonchev–Trinajstić information content (AvgIpc) is 2.29. The normalized spacial score (nSPS) is 21.5. The number of halogens is 4. The van der Waals surface area contributed by atoms with Crippen molar-refractivity contribution in [2.45, 2.75) is 24.9 Å². The number of aromatic nitrogens is 1. The van der Waals surface area contributed by atoms with Crippen LogP contribution in [0.4, 0.5) is 13.2 Å². The zero-order valence-electron chi connectivity index (χ0n) is 8.93. The molecule has 1 atom stereocenters. The summed E-state index contributed by atoms with van der Waals surface area (Å²) < 4.78 is 43.3. The second kappa shape index (κ2) is 4.94. The Morgan fingerprint density at radius 3 is 2.71 bits per heavy atom. The van der Waals surface area contributed by atoms with E-state index >= 15 is 0 Å². The molecule has 0 saturated carbocycles. The molecule has 1 unspecified atom stereocenters. The standard InChI is InChI=1S/C11H11BrF3NO/c12-8-3-4-9(7-2-1-5-17-6-7)16-10(8)11(13,14)15/h3-4,7H,1-2,5-6H2. The molecule has 17 heavy (non-hydrogen) atoms. The van der Waals surface area contributed by atoms with E-state index in [4.69, 9.17) is 4.74 Å². The van der Waals surface area contributed by atoms with Gasteiger partial charge in [-0.1, -0.05) is 0 Å². The maximum Gasteiger partial charge on any atom is 0.434 e. The van der Waals surface area contributed by atoms with Crippen molar-refractivity contribution >= 4 is 15.9 Å². The van der Waals surface area contributed by atoms with Gasteiger partial charge in [-0.25, -0.2) is 4.98 Å². The van der Waals surface area contributed by atoms with Gasteiger partial charge in [-0.15, -0.1) is 0 Å². The summed E-state index contributed by atoms with van der Waals surface area (Å²) in [4.78, 5) is 3.72. The van der Waals surface area contributed by atoms with Crippen molar-refractivity contribution in [3.05, 3.63) is 28.0 Å². The molecule has 1 aliphatic rings. The fraction of sp³-hybridized carbons (Fsp3) is 0.545. The Balaban J connectivity index is 2.30. The summed E-state index contributed by atoms with van der Waals surface area (Å²) in [5, 5.41) is 0. The highest BCUT2D eigenvalue weighted by molar-refractivity contribution is 9.10. The predicted octanol–water partition coefficient (Wildman–Crippen LogP) is 3.76. The minimum absolute atomic E-state index is 0.0227. The monoisotopic (exact) mass is 309 g/mol. The first-order valence-corrected chi connectivity index (χ1v) is 6.09. The number of nitrogens with zero attached hydrogens (tertiary/aromatic N) is 1. The number of ether oxygens (including phenoxy) is 1. The molecule has 1 fully saturated rings. The van der Waals surface area contributed by atoms with Crippen LogP contribution >= 0.6 is 15.9 Å². The van der Waals surface area contributed by atoms with Gasteiger partial charge in [0.25, 0.3) is 0 Å². The van der Waals surface area contributed by atoms with Crippen LogP contribution in [0.2, 0.25) is 0 Å². The molecule has 1 aromatic rings. The van der Waals surface area contributed by atoms with E-state index in [1.807, 2.05) is 0 Å². The van der Waals surface area contributed by atoms with Crippen molar-refractivity contribution in [3.8, 4) is 0 Å². The summed E-state index contributed by atoms with van der Waals surface area (Å²) >= 11 is 2.88. The van der Waals surface area contributed by atoms with Crippen LogP contribution in [0.25, 0.3) is 0 Å². The summed E-state index contributed by atoms with van der Waals surface area (Å²) in [6.45, 7) is 1.13. The van der Waals surface area contributed by atoms with Crippen molar-refractivity contribution in [2.75, 3.05) is 13.2 Å². The maximum atomic E-state index is 12.7. The molecule has 94 valence electrons. The molecule has 0 N–H and O–H groups in total. The van der Waals surface area contributed by atoms with E-state index in [1.165, 1.54) is 6.07 Å². The second-order valence-corrected chi connectivity index (χ2v) is 4.83. The first-order valence-electron chi connectivity index (χ1n) is 5.30. The fourth-order valence-electron chi connectivity index (χ4n) is 1.86. The quantitative estimate of drug-likeness (QED) is 0.788. The lowest BCUT2D eigenvalue weighted by Crippen LogP contribution is -2.18. The van der Waals surface area contributed by atoms with Gasteiger partial charge in [0.2, 0.25) is 0 Å². The third-order valence-electron chi connectivity index (χ3n) is 2.71. The van der Waals surface area contributed by atoms with Crippen LogP contribution in [0, 0.1) is 0 Å². The molecular formula is C11H11BrF3NO. The van der Waals surface area contributed by atoms with Crippen LogP contribution in [-0.4, -0.2) is 18.2 Å². The van der Waals surface area contributed by atoms with Gasteiger partial charge in [-0.05, 0) is 40.9 Å². The summed E-state index contributed by atoms with van der Waals surface area (Å²) in [7, 11) is 0. The van der Waals surface area contributed by atoms with Gasteiger partial charge in [0.15, 0.2) is 5.69 Å². The van der Waals surface area contributed by atoms with Crippen LogP contribution in [0.15, 0.2) is 16.6 Å². The zero-order valence-corrected chi connectivity index (χ0v) is 10.5. The summed E-state index contributed by atoms with van der Waals surface area (Å²) in [5.41, 5.74) is -0.402. The van der Waals surface area contributed by atoms with E-state index in [9.17, 15) is 13.2 Å². The fourth-order valence-corrected chi connectivity index (χ4v) is 2.30. The molecular weight excluding hydrogens is 299 g/mol. The number of hydrogen-bond acceptors (Lipinski definition) is 2. The molecule has 2 rings (SSSR count). The van der Waals surface area contributed by atoms with Crippen molar-refractivity contribution in [1.82, 2.24) is 4.98 Å². The van der Waals surface area contributed by atoms with E-state index in [-0.39, 0.29) is 10.4 Å². The first-order chi connectivity index (χ1) is 7.98. The molecule has 1 aromatic heterocycles. The Labute approximate surface area is 105 Å². The van der Waals surface area contributed by atoms with Gasteiger partial charge in [0.05, 0.1) is 6.61 Å². The number of hydrogen-bond donors (Lipinski definition) is 0. The summed E-state index contributed by atoms with van der Waals surface area (Å²) in [6.07, 6.45) is -2.74. The molecule has 0 bridgehead atoms. The van der Waals surface area contributed by atoms with Crippen molar-refractivity contribution < 1.29 is 17.9 Å². The van der Waals surface area contributed by atoms with E-state index < -0.39 is 11.9 Å². The van der Waals surface area contributed by atoms with Crippen LogP contribution in [-0.2, 0) is 10.9 Å². The van der Waals surface area contributed by atoms with Crippen LogP contribution in [0.5, 0.6) is 0 Å². The topological polar surface area (TPSA) is 22.1 Å². The van der Waals surface area contributed by atoms with E-state index in [1.54, 1.807) is 6.07 Å². The Morgan fingerprint density at radius 2 is 2.12 bits per heavy atom. The number of pyridine rings is 1. The molecule has 1 aliphatic heterocycles. The lowest BCUT2D eigenvalue weighted by molar-refractivity contribution is -0.142. The molecule has 2 heterocycles. The highest BCUT2D eigenvalue weighted by Gasteiger charge is 2.35. The van der Waals surface area contributed by atoms with Crippen LogP contribution in [0.3, 0.4) is 0 Å². The molecule has 0 aromatic carbocycles. The minimum atomic E-state index is -4.43. The van der Waals surface area contributed by atoms with Gasteiger partial charge in [-0.3, -0.25) is 0 Å². The Hall–Kier alpha value is -0.620. The zero-order chi connectivity index (χ0) is 12.5. The van der Waals surface area contributed by atoms with Crippen molar-refractivity contribution in [3.63, 3.8) is 0 Å². The first kappa shape index (κ1) is 12.8. The van der Waals surface area contributed by atoms with Crippen molar-refractivity contribution in [1.29, 1.82) is 0 Å². The van der Waals surface area contributed by atoms with Gasteiger partial charge in [-0.2, -0.15) is 13.2 Å². The van der Waals surface area contributed by atoms with E-state index in [0.717, 1.165) is 12.8 Å². The molecule has 0 radical (unpaired) electrons. The smallest absolute Gasteiger partial charge is 0.381 e. The van der Waals surface area contributed by atoms with Gasteiger partial charge < -0.3 is 4.74 Å². The highest BCUT2D eigenvalue weighted by Crippen LogP contribution is 2.35. The Bertz CT molecular complexity index is 402. The maximum absolute atomic E-state index is 12.7. The highest BCUT2D eigenvalue weighted by atomic mass is 79.9. The molecule has 1 saturated heterocycles. The van der Waals surface area contributed by atoms with Crippen LogP contribution < -0.4 is 0 Å². The third-order valence-corrected chi connectivity index (χ3v) is 3.35. The molecule has 6 heteroatoms. The molecule has 0 aliphatic carbocycles. The van der Waals surface area contributed by atoms with Crippen LogP contribution in [0.1, 0.15) is 30.1 Å².